The van der Waals surface area contributed by atoms with E-state index in [9.17, 15) is 0 Å². The van der Waals surface area contributed by atoms with Crippen molar-refractivity contribution >= 4 is 0 Å². The molecule has 2 unspecified atom stereocenters. The Kier molecular flexibility index (Phi) is 6.02. The van der Waals surface area contributed by atoms with Crippen LogP contribution in [-0.4, -0.2) is 54.1 Å². The number of nitrogens with zero attached hydrogens (tertiary/aromatic N) is 3. The zero-order valence-corrected chi connectivity index (χ0v) is 13.4. The second-order valence-electron chi connectivity index (χ2n) is 5.56. The lowest BCUT2D eigenvalue weighted by atomic mass is 10.1. The Hall–Kier alpha value is -1.11. The van der Waals surface area contributed by atoms with E-state index in [-0.39, 0.29) is 12.1 Å². The van der Waals surface area contributed by atoms with Gasteiger partial charge >= 0.3 is 0 Å². The van der Waals surface area contributed by atoms with Gasteiger partial charge in [-0.3, -0.25) is 9.58 Å². The highest BCUT2D eigenvalue weighted by atomic mass is 16.5. The van der Waals surface area contributed by atoms with Gasteiger partial charge in [0.25, 0.3) is 0 Å². The fourth-order valence-corrected chi connectivity index (χ4v) is 2.91. The Morgan fingerprint density at radius 2 is 2.19 bits per heavy atom. The van der Waals surface area contributed by atoms with Crippen LogP contribution in [0.1, 0.15) is 38.4 Å². The average Bonchev–Trinajstić information content (AvgIpc) is 2.90. The zero-order chi connectivity index (χ0) is 15.2. The Morgan fingerprint density at radius 3 is 2.86 bits per heavy atom. The van der Waals surface area contributed by atoms with E-state index in [4.69, 9.17) is 15.2 Å². The van der Waals surface area contributed by atoms with Crippen LogP contribution in [0.25, 0.3) is 0 Å². The summed E-state index contributed by atoms with van der Waals surface area (Å²) in [6.45, 7) is 8.86. The fourth-order valence-electron chi connectivity index (χ4n) is 2.91. The number of ether oxygens (including phenoxy) is 2. The summed E-state index contributed by atoms with van der Waals surface area (Å²) in [6, 6.07) is -0.214. The number of hydrogen-bond acceptors (Lipinski definition) is 5. The number of rotatable bonds is 7. The van der Waals surface area contributed by atoms with Gasteiger partial charge in [-0.15, -0.1) is 0 Å². The van der Waals surface area contributed by atoms with Gasteiger partial charge in [-0.2, -0.15) is 5.10 Å². The molecule has 120 valence electrons. The molecule has 1 saturated heterocycles. The molecule has 0 aromatic carbocycles. The Labute approximate surface area is 127 Å². The van der Waals surface area contributed by atoms with Crippen molar-refractivity contribution in [2.75, 3.05) is 33.4 Å². The first-order chi connectivity index (χ1) is 10.2. The van der Waals surface area contributed by atoms with E-state index in [1.165, 1.54) is 0 Å². The summed E-state index contributed by atoms with van der Waals surface area (Å²) < 4.78 is 13.3. The zero-order valence-electron chi connectivity index (χ0n) is 13.4. The quantitative estimate of drug-likeness (QED) is 0.824. The summed E-state index contributed by atoms with van der Waals surface area (Å²) in [5, 5.41) is 4.39. The highest BCUT2D eigenvalue weighted by Crippen LogP contribution is 2.28. The average molecular weight is 296 g/mol. The minimum Gasteiger partial charge on any atom is -0.493 e. The lowest BCUT2D eigenvalue weighted by Crippen LogP contribution is -2.47. The summed E-state index contributed by atoms with van der Waals surface area (Å²) in [5.41, 5.74) is 7.43. The van der Waals surface area contributed by atoms with Gasteiger partial charge in [0.2, 0.25) is 0 Å². The summed E-state index contributed by atoms with van der Waals surface area (Å²) >= 11 is 0. The predicted molar refractivity (Wildman–Crippen MR) is 82.5 cm³/mol. The van der Waals surface area contributed by atoms with Crippen molar-refractivity contribution in [1.29, 1.82) is 0 Å². The van der Waals surface area contributed by atoms with Gasteiger partial charge in [-0.25, -0.2) is 0 Å². The number of aryl methyl sites for hydroxylation is 1. The molecule has 2 heterocycles. The minimum absolute atomic E-state index is 0.00786. The molecule has 1 fully saturated rings. The van der Waals surface area contributed by atoms with Crippen LogP contribution in [0.15, 0.2) is 6.20 Å². The smallest absolute Gasteiger partial charge is 0.161 e. The molecule has 2 atom stereocenters. The molecule has 0 amide bonds. The number of hydrogen-bond donors (Lipinski definition) is 1. The summed E-state index contributed by atoms with van der Waals surface area (Å²) in [6.07, 6.45) is 3.90. The van der Waals surface area contributed by atoms with Gasteiger partial charge in [0.1, 0.15) is 0 Å². The van der Waals surface area contributed by atoms with Crippen molar-refractivity contribution < 1.29 is 9.47 Å². The van der Waals surface area contributed by atoms with Gasteiger partial charge < -0.3 is 15.2 Å². The minimum atomic E-state index is -0.214. The van der Waals surface area contributed by atoms with Gasteiger partial charge in [-0.05, 0) is 19.4 Å². The van der Waals surface area contributed by atoms with Crippen LogP contribution in [0.4, 0.5) is 0 Å². The van der Waals surface area contributed by atoms with Crippen molar-refractivity contribution in [1.82, 2.24) is 14.7 Å². The largest absolute Gasteiger partial charge is 0.493 e. The standard InChI is InChI=1S/C15H28N4O2/c1-4-6-18-8-9-21-13(11-18)14(16)15-12(20-3)10-17-19(15)7-5-2/h10,13-14H,4-9,11,16H2,1-3H3. The number of nitrogens with two attached hydrogens (primary N) is 1. The van der Waals surface area contributed by atoms with Crippen molar-refractivity contribution in [2.24, 2.45) is 5.73 Å². The van der Waals surface area contributed by atoms with E-state index in [1.807, 2.05) is 4.68 Å². The third kappa shape index (κ3) is 3.75. The molecule has 1 aliphatic rings. The van der Waals surface area contributed by atoms with Crippen LogP contribution in [0.3, 0.4) is 0 Å². The third-order valence-electron chi connectivity index (χ3n) is 3.93. The van der Waals surface area contributed by atoms with E-state index in [0.717, 1.165) is 57.1 Å². The molecular formula is C15H28N4O2. The molecule has 1 aliphatic heterocycles. The first kappa shape index (κ1) is 16.3. The van der Waals surface area contributed by atoms with Gasteiger partial charge in [0.05, 0.1) is 37.8 Å². The first-order valence-electron chi connectivity index (χ1n) is 7.90. The second-order valence-corrected chi connectivity index (χ2v) is 5.56. The molecule has 0 saturated carbocycles. The maximum absolute atomic E-state index is 6.49. The summed E-state index contributed by atoms with van der Waals surface area (Å²) in [7, 11) is 1.66. The Morgan fingerprint density at radius 1 is 1.43 bits per heavy atom. The second kappa shape index (κ2) is 7.77. The molecule has 21 heavy (non-hydrogen) atoms. The van der Waals surface area contributed by atoms with E-state index in [2.05, 4.69) is 23.8 Å². The van der Waals surface area contributed by atoms with Crippen LogP contribution in [-0.2, 0) is 11.3 Å². The summed E-state index contributed by atoms with van der Waals surface area (Å²) in [4.78, 5) is 2.42. The third-order valence-corrected chi connectivity index (χ3v) is 3.93. The number of aromatic nitrogens is 2. The molecule has 0 radical (unpaired) electrons. The molecule has 2 rings (SSSR count). The lowest BCUT2D eigenvalue weighted by molar-refractivity contribution is -0.0422. The Bertz CT molecular complexity index is 433. The molecule has 0 spiro atoms. The maximum Gasteiger partial charge on any atom is 0.161 e. The van der Waals surface area contributed by atoms with Crippen LogP contribution in [0.2, 0.25) is 0 Å². The predicted octanol–water partition coefficient (Wildman–Crippen LogP) is 1.41. The van der Waals surface area contributed by atoms with Crippen LogP contribution >= 0.6 is 0 Å². The maximum atomic E-state index is 6.49. The highest BCUT2D eigenvalue weighted by Gasteiger charge is 2.30. The first-order valence-corrected chi connectivity index (χ1v) is 7.90. The highest BCUT2D eigenvalue weighted by molar-refractivity contribution is 5.29. The van der Waals surface area contributed by atoms with Crippen LogP contribution in [0.5, 0.6) is 5.75 Å². The molecule has 1 aromatic rings. The van der Waals surface area contributed by atoms with E-state index < -0.39 is 0 Å². The molecule has 1 aromatic heterocycles. The van der Waals surface area contributed by atoms with Gasteiger partial charge in [0, 0.05) is 19.6 Å². The SMILES string of the molecule is CCCN1CCOC(C(N)c2c(OC)cnn2CCC)C1. The molecule has 0 aliphatic carbocycles. The van der Waals surface area contributed by atoms with E-state index >= 15 is 0 Å². The summed E-state index contributed by atoms with van der Waals surface area (Å²) in [5.74, 6) is 0.757. The van der Waals surface area contributed by atoms with E-state index in [0.29, 0.717) is 0 Å². The molecule has 6 heteroatoms. The number of methoxy groups -OCH3 is 1. The Balaban J connectivity index is 2.14. The van der Waals surface area contributed by atoms with Crippen molar-refractivity contribution in [3.63, 3.8) is 0 Å². The number of morpholine rings is 1. The molecule has 2 N–H and O–H groups in total. The molecule has 6 nitrogen and oxygen atoms in total. The lowest BCUT2D eigenvalue weighted by Gasteiger charge is -2.35. The molecular weight excluding hydrogens is 268 g/mol. The van der Waals surface area contributed by atoms with Crippen molar-refractivity contribution in [3.05, 3.63) is 11.9 Å². The topological polar surface area (TPSA) is 65.5 Å². The van der Waals surface area contributed by atoms with E-state index in [1.54, 1.807) is 13.3 Å². The van der Waals surface area contributed by atoms with Crippen LogP contribution in [0, 0.1) is 0 Å². The fraction of sp³-hybridized carbons (Fsp3) is 0.800. The van der Waals surface area contributed by atoms with Gasteiger partial charge in [-0.1, -0.05) is 13.8 Å². The van der Waals surface area contributed by atoms with Crippen molar-refractivity contribution in [3.8, 4) is 5.75 Å². The van der Waals surface area contributed by atoms with Crippen molar-refractivity contribution in [2.45, 2.75) is 45.4 Å². The molecule has 0 bridgehead atoms. The van der Waals surface area contributed by atoms with Crippen LogP contribution < -0.4 is 10.5 Å². The monoisotopic (exact) mass is 296 g/mol. The normalized spacial score (nSPS) is 21.4. The van der Waals surface area contributed by atoms with Gasteiger partial charge in [0.15, 0.2) is 5.75 Å².